The average Bonchev–Trinajstić information content (AvgIpc) is 4.45. The van der Waals surface area contributed by atoms with Crippen molar-refractivity contribution in [1.82, 2.24) is 25.2 Å². The quantitative estimate of drug-likeness (QED) is 0.0428. The van der Waals surface area contributed by atoms with Crippen LogP contribution in [0.2, 0.25) is 10.0 Å². The van der Waals surface area contributed by atoms with E-state index in [-0.39, 0.29) is 189 Å². The fraction of sp³-hybridized carbons (Fsp3) is 0.193. The molecule has 2 amide bonds. The van der Waals surface area contributed by atoms with Gasteiger partial charge in [0.1, 0.15) is 47.3 Å². The first-order valence-electron chi connectivity index (χ1n) is 24.0. The summed E-state index contributed by atoms with van der Waals surface area (Å²) >= 11 is 20.8. The van der Waals surface area contributed by atoms with Crippen LogP contribution in [-0.4, -0.2) is 72.5 Å². The topological polar surface area (TPSA) is 241 Å². The monoisotopic (exact) mass is 1430 g/mol. The Kier molecular flexibility index (Phi) is 29.2. The number of aromatic nitrogens is 4. The number of carboxylic acids is 1. The molecule has 1 saturated heterocycles. The van der Waals surface area contributed by atoms with Crippen LogP contribution in [0.15, 0.2) is 161 Å². The number of amides is 2. The molecular formula is C57H50Cl3Cs2N5O12S2. The molecule has 5 aromatic carbocycles. The van der Waals surface area contributed by atoms with Gasteiger partial charge in [-0.2, -0.15) is 0 Å². The molecule has 1 aliphatic rings. The van der Waals surface area contributed by atoms with Gasteiger partial charge in [-0.1, -0.05) is 112 Å². The number of phenolic OH excluding ortho intramolecular Hbond substituents is 1. The first kappa shape index (κ1) is 68.0. The number of alkyl halides is 1. The van der Waals surface area contributed by atoms with Crippen molar-refractivity contribution in [1.29, 1.82) is 0 Å². The molecule has 17 nitrogen and oxygen atoms in total. The van der Waals surface area contributed by atoms with Gasteiger partial charge < -0.3 is 40.3 Å². The van der Waals surface area contributed by atoms with Gasteiger partial charge in [-0.3, -0.25) is 14.4 Å². The van der Waals surface area contributed by atoms with E-state index in [1.165, 1.54) is 17.4 Å². The fourth-order valence-corrected chi connectivity index (χ4v) is 10.5. The number of hydrogen-bond donors (Lipinski definition) is 2. The standard InChI is InChI=1S/C23H19ClN2O4S.C22H20N2O5.C11H9Cl2NS.CH2O3.2Cs.H/c1-14-21(31-23(25-14)16-2-6-17(24)7-3-16)13-29-18-8-4-15(5-9-18)19(12-22(27)28)20-10-11-30-26-20;25-18-8-6-16(7-9-18)19(20-10-11-29-23-20)13-21(26)24-17(14-28-22(24)27)12-15-4-2-1-3-5-15;1-7-10(6-12)15-11(14-7)8-2-4-9(13)5-3-8;2-1-4-3;;;/h2-11,19H,12-13H2,1H3,(H,27,28);1-11,17,19,25H,12-14H2;2-5H,6H2,1H3;1,3H;;;/q;;;;2*+1;-1/p-1/t19-;17-,19-;;;;;/m00...../s1. The summed E-state index contributed by atoms with van der Waals surface area (Å²) in [6, 6.07) is 41.9. The molecule has 5 heterocycles. The number of carbonyl (C=O) groups is 4. The zero-order valence-electron chi connectivity index (χ0n) is 45.1. The van der Waals surface area contributed by atoms with Gasteiger partial charge in [-0.15, -0.1) is 34.3 Å². The van der Waals surface area contributed by atoms with E-state index in [0.29, 0.717) is 41.1 Å². The Balaban J connectivity index is 0.000000263. The predicted octanol–water partition coefficient (Wildman–Crippen LogP) is 6.50. The van der Waals surface area contributed by atoms with Crippen molar-refractivity contribution >= 4 is 81.9 Å². The van der Waals surface area contributed by atoms with E-state index in [0.717, 1.165) is 64.0 Å². The summed E-state index contributed by atoms with van der Waals surface area (Å²) in [6.07, 6.45) is 2.75. The van der Waals surface area contributed by atoms with E-state index in [1.807, 2.05) is 117 Å². The van der Waals surface area contributed by atoms with Crippen LogP contribution in [0.25, 0.3) is 21.1 Å². The third-order valence-electron chi connectivity index (χ3n) is 12.0. The second-order valence-electron chi connectivity index (χ2n) is 17.3. The van der Waals surface area contributed by atoms with Crippen LogP contribution in [0.5, 0.6) is 11.5 Å². The summed E-state index contributed by atoms with van der Waals surface area (Å²) < 4.78 is 20.9. The number of halogens is 3. The number of thiazole rings is 2. The number of carboxylic acid groups (broad SMARTS) is 1. The van der Waals surface area contributed by atoms with E-state index >= 15 is 0 Å². The van der Waals surface area contributed by atoms with Crippen molar-refractivity contribution in [3.05, 3.63) is 211 Å². The van der Waals surface area contributed by atoms with Crippen molar-refractivity contribution in [3.63, 3.8) is 0 Å². The number of cyclic esters (lactones) is 1. The van der Waals surface area contributed by atoms with Gasteiger partial charge in [0.15, 0.2) is 0 Å². The molecule has 3 atom stereocenters. The van der Waals surface area contributed by atoms with E-state index in [4.69, 9.17) is 63.4 Å². The third kappa shape index (κ3) is 20.5. The number of aromatic hydroxyl groups is 1. The molecule has 0 saturated carbocycles. The Bertz CT molecular complexity index is 3370. The van der Waals surface area contributed by atoms with Crippen LogP contribution in [0, 0.1) is 13.8 Å². The number of benzene rings is 5. The Morgan fingerprint density at radius 2 is 1.25 bits per heavy atom. The summed E-state index contributed by atoms with van der Waals surface area (Å²) in [5.74, 6) is -0.677. The number of rotatable bonds is 17. The molecule has 1 fully saturated rings. The Morgan fingerprint density at radius 3 is 1.72 bits per heavy atom. The SMILES string of the molecule is Cc1nc(-c2ccc(Cl)cc2)sc1CCl.Cc1nc(-c2ccc(Cl)cc2)sc1COc1ccc([C@H](CC(=O)O)c2ccon2)cc1.O=C(C[C@@H](c1ccc(O)cc1)c1ccon1)N1C(=O)OC[C@@H]1Cc1ccccc1.O=CO[O-].[Cs+].[Cs+].[H-]. The molecule has 24 heteroatoms. The maximum Gasteiger partial charge on any atom is 1.00 e. The first-order valence-corrected chi connectivity index (χ1v) is 26.9. The Morgan fingerprint density at radius 1 is 0.753 bits per heavy atom. The maximum atomic E-state index is 13.1. The number of aliphatic carboxylic acids is 1. The van der Waals surface area contributed by atoms with Gasteiger partial charge >= 0.3 is 150 Å². The van der Waals surface area contributed by atoms with Crippen LogP contribution >= 0.6 is 57.5 Å². The van der Waals surface area contributed by atoms with E-state index < -0.39 is 18.0 Å². The first-order chi connectivity index (χ1) is 38.2. The van der Waals surface area contributed by atoms with E-state index in [2.05, 4.69) is 25.2 Å². The van der Waals surface area contributed by atoms with E-state index in [1.54, 1.807) is 59.1 Å². The zero-order valence-corrected chi connectivity index (χ0v) is 60.6. The van der Waals surface area contributed by atoms with Crippen molar-refractivity contribution < 1.29 is 197 Å². The molecule has 10 rings (SSSR count). The molecule has 410 valence electrons. The van der Waals surface area contributed by atoms with Crippen LogP contribution < -0.4 is 148 Å². The normalized spacial score (nSPS) is 12.9. The molecule has 4 aromatic heterocycles. The summed E-state index contributed by atoms with van der Waals surface area (Å²) in [7, 11) is 0. The summed E-state index contributed by atoms with van der Waals surface area (Å²) in [5, 5.41) is 38.5. The van der Waals surface area contributed by atoms with Crippen molar-refractivity contribution in [2.75, 3.05) is 6.61 Å². The minimum atomic E-state index is -0.898. The molecule has 1 aliphatic heterocycles. The Hall–Kier alpha value is -3.81. The van der Waals surface area contributed by atoms with Gasteiger partial charge in [0.25, 0.3) is 6.47 Å². The number of phenols is 1. The van der Waals surface area contributed by atoms with Crippen LogP contribution in [0.4, 0.5) is 4.79 Å². The minimum absolute atomic E-state index is 0. The number of nitrogens with zero attached hydrogens (tertiary/aromatic N) is 5. The van der Waals surface area contributed by atoms with E-state index in [9.17, 15) is 24.6 Å². The molecule has 81 heavy (non-hydrogen) atoms. The second-order valence-corrected chi connectivity index (χ2v) is 20.6. The molecule has 0 aliphatic carbocycles. The van der Waals surface area contributed by atoms with Gasteiger partial charge in [0.2, 0.25) is 5.91 Å². The number of hydrogen-bond acceptors (Lipinski definition) is 17. The fourth-order valence-electron chi connectivity index (χ4n) is 8.04. The zero-order chi connectivity index (χ0) is 56.3. The second kappa shape index (κ2) is 34.8. The molecule has 9 aromatic rings. The molecule has 0 spiro atoms. The van der Waals surface area contributed by atoms with Crippen LogP contribution in [-0.2, 0) is 42.9 Å². The summed E-state index contributed by atoms with van der Waals surface area (Å²) in [5.41, 5.74) is 7.87. The van der Waals surface area contributed by atoms with Crippen LogP contribution in [0.1, 0.15) is 75.3 Å². The Labute approximate surface area is 608 Å². The number of carbonyl (C=O) groups excluding carboxylic acids is 3. The molecule has 2 N–H and O–H groups in total. The third-order valence-corrected chi connectivity index (χ3v) is 15.3. The summed E-state index contributed by atoms with van der Waals surface area (Å²) in [4.78, 5) is 60.4. The van der Waals surface area contributed by atoms with Crippen molar-refractivity contribution in [2.24, 2.45) is 0 Å². The van der Waals surface area contributed by atoms with Gasteiger partial charge in [0.05, 0.1) is 46.0 Å². The summed E-state index contributed by atoms with van der Waals surface area (Å²) in [6.45, 7) is 4.34. The van der Waals surface area contributed by atoms with Crippen molar-refractivity contribution in [2.45, 2.75) is 63.5 Å². The van der Waals surface area contributed by atoms with Gasteiger partial charge in [-0.05, 0) is 85.5 Å². The molecule has 0 unspecified atom stereocenters. The maximum absolute atomic E-state index is 13.1. The van der Waals surface area contributed by atoms with Gasteiger partial charge in [-0.25, -0.2) is 19.7 Å². The minimum Gasteiger partial charge on any atom is -1.00 e. The number of ether oxygens (including phenoxy) is 2. The molecular weight excluding hydrogens is 1380 g/mol. The molecule has 0 bridgehead atoms. The average molecular weight is 1430 g/mol. The molecule has 0 radical (unpaired) electrons. The number of imide groups is 1. The predicted molar refractivity (Wildman–Crippen MR) is 297 cm³/mol. The van der Waals surface area contributed by atoms with Crippen LogP contribution in [0.3, 0.4) is 0 Å². The number of aryl methyl sites for hydroxylation is 2. The van der Waals surface area contributed by atoms with Gasteiger partial charge in [0, 0.05) is 56.4 Å². The largest absolute Gasteiger partial charge is 1.00 e. The van der Waals surface area contributed by atoms with Crippen molar-refractivity contribution in [3.8, 4) is 32.6 Å². The smallest absolute Gasteiger partial charge is 1.00 e.